The van der Waals surface area contributed by atoms with E-state index in [4.69, 9.17) is 4.74 Å². The first-order valence-electron chi connectivity index (χ1n) is 8.61. The van der Waals surface area contributed by atoms with Crippen LogP contribution in [0.4, 0.5) is 0 Å². The highest BCUT2D eigenvalue weighted by Crippen LogP contribution is 2.13. The molecule has 1 fully saturated rings. The van der Waals surface area contributed by atoms with Crippen LogP contribution in [0.5, 0.6) is 0 Å². The fourth-order valence-electron chi connectivity index (χ4n) is 2.95. The smallest absolute Gasteiger partial charge is 0.191 e. The van der Waals surface area contributed by atoms with Crippen LogP contribution in [0.15, 0.2) is 33.7 Å². The zero-order chi connectivity index (χ0) is 17.4. The highest BCUT2D eigenvalue weighted by molar-refractivity contribution is 14.0. The van der Waals surface area contributed by atoms with Crippen LogP contribution in [-0.2, 0) is 11.3 Å². The van der Waals surface area contributed by atoms with Crippen molar-refractivity contribution in [3.8, 4) is 0 Å². The van der Waals surface area contributed by atoms with Crippen LogP contribution in [0.2, 0.25) is 0 Å². The Labute approximate surface area is 177 Å². The van der Waals surface area contributed by atoms with Crippen LogP contribution in [0.1, 0.15) is 19.4 Å². The minimum Gasteiger partial charge on any atom is -0.379 e. The quantitative estimate of drug-likeness (QED) is 0.341. The second-order valence-corrected chi connectivity index (χ2v) is 7.31. The van der Waals surface area contributed by atoms with Crippen molar-refractivity contribution in [2.75, 3.05) is 39.9 Å². The number of morpholine rings is 1. The molecule has 1 saturated heterocycles. The number of rotatable bonds is 6. The lowest BCUT2D eigenvalue weighted by Crippen LogP contribution is -2.52. The normalized spacial score (nSPS) is 17.1. The van der Waals surface area contributed by atoms with E-state index in [9.17, 15) is 0 Å². The standard InChI is InChI=1S/C18H29BrN4O.HI/c1-14(2)17(23-7-9-24-10-8-23)13-22-18(20-3)21-12-15-5-4-6-16(19)11-15;/h4-6,11,14,17H,7-10,12-13H2,1-3H3,(H2,20,21,22);1H. The van der Waals surface area contributed by atoms with Crippen LogP contribution in [0.25, 0.3) is 0 Å². The predicted octanol–water partition coefficient (Wildman–Crippen LogP) is 3.09. The highest BCUT2D eigenvalue weighted by atomic mass is 127. The molecule has 1 aromatic rings. The summed E-state index contributed by atoms with van der Waals surface area (Å²) in [6.07, 6.45) is 0. The summed E-state index contributed by atoms with van der Waals surface area (Å²) in [6, 6.07) is 8.79. The molecule has 5 nitrogen and oxygen atoms in total. The molecule has 1 atom stereocenters. The Morgan fingerprint density at radius 2 is 2.00 bits per heavy atom. The van der Waals surface area contributed by atoms with Gasteiger partial charge in [-0.25, -0.2) is 0 Å². The fraction of sp³-hybridized carbons (Fsp3) is 0.611. The van der Waals surface area contributed by atoms with E-state index in [1.165, 1.54) is 5.56 Å². The van der Waals surface area contributed by atoms with Gasteiger partial charge in [-0.3, -0.25) is 9.89 Å². The van der Waals surface area contributed by atoms with E-state index < -0.39 is 0 Å². The maximum Gasteiger partial charge on any atom is 0.191 e. The lowest BCUT2D eigenvalue weighted by molar-refractivity contribution is 0.00752. The summed E-state index contributed by atoms with van der Waals surface area (Å²) in [5, 5.41) is 6.86. The average Bonchev–Trinajstić information content (AvgIpc) is 2.58. The van der Waals surface area contributed by atoms with E-state index in [0.717, 1.165) is 49.8 Å². The van der Waals surface area contributed by atoms with Crippen molar-refractivity contribution in [1.29, 1.82) is 0 Å². The molecule has 0 radical (unpaired) electrons. The molecule has 0 amide bonds. The number of hydrogen-bond acceptors (Lipinski definition) is 3. The van der Waals surface area contributed by atoms with Gasteiger partial charge in [-0.2, -0.15) is 0 Å². The van der Waals surface area contributed by atoms with Gasteiger partial charge >= 0.3 is 0 Å². The number of nitrogens with one attached hydrogen (secondary N) is 2. The summed E-state index contributed by atoms with van der Waals surface area (Å²) in [7, 11) is 1.81. The second kappa shape index (κ2) is 12.1. The summed E-state index contributed by atoms with van der Waals surface area (Å²) in [6.45, 7) is 9.87. The van der Waals surface area contributed by atoms with Gasteiger partial charge in [-0.15, -0.1) is 24.0 Å². The third-order valence-corrected chi connectivity index (χ3v) is 4.83. The van der Waals surface area contributed by atoms with Crippen molar-refractivity contribution in [3.05, 3.63) is 34.3 Å². The third-order valence-electron chi connectivity index (χ3n) is 4.34. The van der Waals surface area contributed by atoms with Crippen LogP contribution < -0.4 is 10.6 Å². The van der Waals surface area contributed by atoms with E-state index in [-0.39, 0.29) is 24.0 Å². The zero-order valence-electron chi connectivity index (χ0n) is 15.3. The first-order valence-corrected chi connectivity index (χ1v) is 9.40. The van der Waals surface area contributed by atoms with Gasteiger partial charge < -0.3 is 15.4 Å². The van der Waals surface area contributed by atoms with Crippen LogP contribution in [0.3, 0.4) is 0 Å². The molecule has 2 rings (SSSR count). The van der Waals surface area contributed by atoms with Gasteiger partial charge in [0.2, 0.25) is 0 Å². The number of nitrogens with zero attached hydrogens (tertiary/aromatic N) is 2. The van der Waals surface area contributed by atoms with Gasteiger partial charge in [0.15, 0.2) is 5.96 Å². The summed E-state index contributed by atoms with van der Waals surface area (Å²) < 4.78 is 6.57. The van der Waals surface area contributed by atoms with Crippen molar-refractivity contribution >= 4 is 45.9 Å². The molecule has 1 unspecified atom stereocenters. The molecule has 142 valence electrons. The topological polar surface area (TPSA) is 48.9 Å². The predicted molar refractivity (Wildman–Crippen MR) is 119 cm³/mol. The molecule has 1 aliphatic rings. The molecule has 0 bridgehead atoms. The van der Waals surface area contributed by atoms with Gasteiger partial charge in [0.25, 0.3) is 0 Å². The van der Waals surface area contributed by atoms with Gasteiger partial charge in [0.1, 0.15) is 0 Å². The van der Waals surface area contributed by atoms with E-state index >= 15 is 0 Å². The Morgan fingerprint density at radius 1 is 1.28 bits per heavy atom. The summed E-state index contributed by atoms with van der Waals surface area (Å²) in [4.78, 5) is 6.86. The fourth-order valence-corrected chi connectivity index (χ4v) is 3.40. The Kier molecular flexibility index (Phi) is 11.0. The highest BCUT2D eigenvalue weighted by Gasteiger charge is 2.23. The monoisotopic (exact) mass is 524 g/mol. The summed E-state index contributed by atoms with van der Waals surface area (Å²) in [5.74, 6) is 1.42. The number of halogens is 2. The molecular formula is C18H30BrIN4O. The van der Waals surface area contributed by atoms with Crippen LogP contribution in [-0.4, -0.2) is 56.8 Å². The SMILES string of the molecule is CN=C(NCc1cccc(Br)c1)NCC(C(C)C)N1CCOCC1.I. The van der Waals surface area contributed by atoms with E-state index in [1.54, 1.807) is 0 Å². The van der Waals surface area contributed by atoms with Gasteiger partial charge in [-0.1, -0.05) is 41.9 Å². The number of ether oxygens (including phenoxy) is 1. The molecule has 0 aliphatic carbocycles. The first-order chi connectivity index (χ1) is 11.6. The Morgan fingerprint density at radius 3 is 2.60 bits per heavy atom. The zero-order valence-corrected chi connectivity index (χ0v) is 19.2. The summed E-state index contributed by atoms with van der Waals surface area (Å²) in [5.41, 5.74) is 1.22. The van der Waals surface area contributed by atoms with E-state index in [1.807, 2.05) is 19.2 Å². The second-order valence-electron chi connectivity index (χ2n) is 6.40. The lowest BCUT2D eigenvalue weighted by Gasteiger charge is -2.37. The lowest BCUT2D eigenvalue weighted by atomic mass is 10.0. The largest absolute Gasteiger partial charge is 0.379 e. The number of hydrogen-bond donors (Lipinski definition) is 2. The number of benzene rings is 1. The van der Waals surface area contributed by atoms with Crippen molar-refractivity contribution in [2.24, 2.45) is 10.9 Å². The first kappa shape index (κ1) is 22.7. The number of guanidine groups is 1. The molecule has 1 aromatic carbocycles. The molecular weight excluding hydrogens is 495 g/mol. The van der Waals surface area contributed by atoms with Gasteiger partial charge in [0, 0.05) is 43.7 Å². The van der Waals surface area contributed by atoms with E-state index in [0.29, 0.717) is 12.0 Å². The Balaban J connectivity index is 0.00000312. The molecule has 25 heavy (non-hydrogen) atoms. The van der Waals surface area contributed by atoms with Crippen molar-refractivity contribution < 1.29 is 4.74 Å². The summed E-state index contributed by atoms with van der Waals surface area (Å²) >= 11 is 3.51. The molecule has 0 spiro atoms. The van der Waals surface area contributed by atoms with Crippen LogP contribution >= 0.6 is 39.9 Å². The van der Waals surface area contributed by atoms with Crippen molar-refractivity contribution in [3.63, 3.8) is 0 Å². The average molecular weight is 525 g/mol. The molecule has 7 heteroatoms. The molecule has 0 saturated carbocycles. The van der Waals surface area contributed by atoms with Gasteiger partial charge in [0.05, 0.1) is 13.2 Å². The Bertz CT molecular complexity index is 536. The molecule has 0 aromatic heterocycles. The minimum atomic E-state index is 0. The van der Waals surface area contributed by atoms with E-state index in [2.05, 4.69) is 62.4 Å². The molecule has 1 heterocycles. The Hall–Kier alpha value is -0.380. The van der Waals surface area contributed by atoms with Gasteiger partial charge in [-0.05, 0) is 23.6 Å². The maximum atomic E-state index is 5.47. The maximum absolute atomic E-state index is 5.47. The number of aliphatic imine (C=N–C) groups is 1. The minimum absolute atomic E-state index is 0. The molecule has 1 aliphatic heterocycles. The van der Waals surface area contributed by atoms with Crippen molar-refractivity contribution in [2.45, 2.75) is 26.4 Å². The van der Waals surface area contributed by atoms with Crippen LogP contribution in [0, 0.1) is 5.92 Å². The third kappa shape index (κ3) is 7.80. The van der Waals surface area contributed by atoms with Crippen molar-refractivity contribution in [1.82, 2.24) is 15.5 Å². The molecule has 2 N–H and O–H groups in total.